The molecule has 0 saturated heterocycles. The average molecular weight is 415 g/mol. The van der Waals surface area contributed by atoms with E-state index in [1.54, 1.807) is 20.8 Å². The highest BCUT2D eigenvalue weighted by Gasteiger charge is 2.59. The molecule has 0 unspecified atom stereocenters. The molecule has 0 atom stereocenters. The van der Waals surface area contributed by atoms with E-state index in [1.165, 1.54) is 0 Å². The largest absolute Gasteiger partial charge is 0.534 e. The molecule has 0 aromatic carbocycles. The quantitative estimate of drug-likeness (QED) is 0.396. The number of halogens is 3. The van der Waals surface area contributed by atoms with Gasteiger partial charge in [0.05, 0.1) is 19.2 Å². The van der Waals surface area contributed by atoms with Crippen molar-refractivity contribution in [2.45, 2.75) is 44.7 Å². The summed E-state index contributed by atoms with van der Waals surface area (Å²) in [5.41, 5.74) is -8.14. The SMILES string of the molecule is COC(=O)C1=C(OS(=O)(=O)C(F)(F)F)C2(CC2)CN(C(=O)OC(C)(C)C)C1. The lowest BCUT2D eigenvalue weighted by atomic mass is 9.94. The Morgan fingerprint density at radius 2 is 1.70 bits per heavy atom. The minimum Gasteiger partial charge on any atom is -0.466 e. The van der Waals surface area contributed by atoms with E-state index in [1.807, 2.05) is 0 Å². The van der Waals surface area contributed by atoms with Crippen LogP contribution in [-0.2, 0) is 28.6 Å². The molecule has 0 aromatic rings. The first-order valence-corrected chi connectivity index (χ1v) is 9.33. The maximum absolute atomic E-state index is 12.7. The summed E-state index contributed by atoms with van der Waals surface area (Å²) < 4.78 is 75.2. The molecule has 2 rings (SSSR count). The van der Waals surface area contributed by atoms with Gasteiger partial charge in [-0.15, -0.1) is 0 Å². The van der Waals surface area contributed by atoms with Crippen LogP contribution in [0.25, 0.3) is 0 Å². The van der Waals surface area contributed by atoms with Crippen LogP contribution < -0.4 is 0 Å². The highest BCUT2D eigenvalue weighted by atomic mass is 32.2. The van der Waals surface area contributed by atoms with Gasteiger partial charge in [-0.1, -0.05) is 0 Å². The zero-order valence-corrected chi connectivity index (χ0v) is 16.0. The highest BCUT2D eigenvalue weighted by molar-refractivity contribution is 7.87. The van der Waals surface area contributed by atoms with E-state index in [0.29, 0.717) is 0 Å². The molecule has 0 N–H and O–H groups in total. The van der Waals surface area contributed by atoms with Gasteiger partial charge in [0.2, 0.25) is 0 Å². The van der Waals surface area contributed by atoms with Crippen molar-refractivity contribution in [3.05, 3.63) is 11.3 Å². The van der Waals surface area contributed by atoms with E-state index < -0.39 is 56.6 Å². The van der Waals surface area contributed by atoms with Crippen molar-refractivity contribution in [3.8, 4) is 0 Å². The number of carbonyl (C=O) groups is 2. The first-order chi connectivity index (χ1) is 12.1. The van der Waals surface area contributed by atoms with E-state index in [2.05, 4.69) is 8.92 Å². The van der Waals surface area contributed by atoms with E-state index in [4.69, 9.17) is 4.74 Å². The first kappa shape index (κ1) is 21.3. The molecule has 0 radical (unpaired) electrons. The predicted molar refractivity (Wildman–Crippen MR) is 84.6 cm³/mol. The van der Waals surface area contributed by atoms with Gasteiger partial charge in [0.15, 0.2) is 0 Å². The van der Waals surface area contributed by atoms with Crippen molar-refractivity contribution >= 4 is 22.2 Å². The molecule has 12 heteroatoms. The number of esters is 1. The Kier molecular flexibility index (Phi) is 5.19. The van der Waals surface area contributed by atoms with Gasteiger partial charge in [0.25, 0.3) is 0 Å². The number of ether oxygens (including phenoxy) is 2. The van der Waals surface area contributed by atoms with Gasteiger partial charge in [-0.2, -0.15) is 21.6 Å². The summed E-state index contributed by atoms with van der Waals surface area (Å²) in [5, 5.41) is 0. The third-order valence-corrected chi connectivity index (χ3v) is 4.96. The number of alkyl halides is 3. The number of carbonyl (C=O) groups excluding carboxylic acids is 2. The Bertz CT molecular complexity index is 776. The van der Waals surface area contributed by atoms with Gasteiger partial charge < -0.3 is 18.6 Å². The van der Waals surface area contributed by atoms with Gasteiger partial charge in [0.1, 0.15) is 11.4 Å². The zero-order chi connectivity index (χ0) is 20.8. The summed E-state index contributed by atoms with van der Waals surface area (Å²) in [7, 11) is -4.99. The monoisotopic (exact) mass is 415 g/mol. The van der Waals surface area contributed by atoms with Crippen LogP contribution in [0.4, 0.5) is 18.0 Å². The van der Waals surface area contributed by atoms with Crippen LogP contribution in [0.15, 0.2) is 11.3 Å². The van der Waals surface area contributed by atoms with Crippen molar-refractivity contribution in [1.82, 2.24) is 4.90 Å². The van der Waals surface area contributed by atoms with Gasteiger partial charge >= 0.3 is 27.7 Å². The van der Waals surface area contributed by atoms with Gasteiger partial charge in [-0.3, -0.25) is 0 Å². The minimum absolute atomic E-state index is 0.134. The minimum atomic E-state index is -5.97. The second-order valence-corrected chi connectivity index (χ2v) is 8.94. The van der Waals surface area contributed by atoms with Crippen molar-refractivity contribution in [2.24, 2.45) is 5.41 Å². The van der Waals surface area contributed by atoms with Crippen LogP contribution >= 0.6 is 0 Å². The molecule has 154 valence electrons. The van der Waals surface area contributed by atoms with Crippen LogP contribution in [0.1, 0.15) is 33.6 Å². The van der Waals surface area contributed by atoms with Crippen LogP contribution in [0.5, 0.6) is 0 Å². The summed E-state index contributed by atoms with van der Waals surface area (Å²) in [6.07, 6.45) is -0.293. The Morgan fingerprint density at radius 1 is 1.15 bits per heavy atom. The van der Waals surface area contributed by atoms with Crippen LogP contribution in [0, 0.1) is 5.41 Å². The van der Waals surface area contributed by atoms with Crippen LogP contribution in [-0.4, -0.2) is 56.7 Å². The Labute approximate surface area is 154 Å². The number of amides is 1. The smallest absolute Gasteiger partial charge is 0.466 e. The van der Waals surface area contributed by atoms with E-state index >= 15 is 0 Å². The van der Waals surface area contributed by atoms with E-state index in [9.17, 15) is 31.2 Å². The number of rotatable bonds is 3. The summed E-state index contributed by atoms with van der Waals surface area (Å²) in [6.45, 7) is 4.26. The fraction of sp³-hybridized carbons (Fsp3) is 0.733. The molecule has 0 aromatic heterocycles. The number of hydrogen-bond acceptors (Lipinski definition) is 7. The molecule has 1 amide bonds. The maximum Gasteiger partial charge on any atom is 0.534 e. The topological polar surface area (TPSA) is 99.2 Å². The average Bonchev–Trinajstić information content (AvgIpc) is 3.25. The third-order valence-electron chi connectivity index (χ3n) is 4.01. The fourth-order valence-corrected chi connectivity index (χ4v) is 3.23. The molecule has 1 aliphatic heterocycles. The lowest BCUT2D eigenvalue weighted by molar-refractivity contribution is -0.137. The molecule has 1 spiro atoms. The summed E-state index contributed by atoms with van der Waals surface area (Å²) in [6, 6.07) is 0. The number of nitrogens with zero attached hydrogens (tertiary/aromatic N) is 1. The summed E-state index contributed by atoms with van der Waals surface area (Å²) >= 11 is 0. The summed E-state index contributed by atoms with van der Waals surface area (Å²) in [4.78, 5) is 25.5. The summed E-state index contributed by atoms with van der Waals surface area (Å²) in [5.74, 6) is -1.70. The molecule has 0 bridgehead atoms. The van der Waals surface area contributed by atoms with Gasteiger partial charge in [0, 0.05) is 12.0 Å². The van der Waals surface area contributed by atoms with Gasteiger partial charge in [-0.05, 0) is 33.6 Å². The molecule has 8 nitrogen and oxygen atoms in total. The Morgan fingerprint density at radius 3 is 2.11 bits per heavy atom. The van der Waals surface area contributed by atoms with E-state index in [-0.39, 0.29) is 19.4 Å². The second-order valence-electron chi connectivity index (χ2n) is 7.40. The standard InChI is InChI=1S/C15H20F3NO7S/c1-13(2,3)25-12(21)19-7-9(11(20)24-4)10(14(8-19)5-6-14)26-27(22,23)15(16,17)18/h5-8H2,1-4H3. The molecule has 27 heavy (non-hydrogen) atoms. The molecule has 1 fully saturated rings. The molecule has 1 aliphatic carbocycles. The van der Waals surface area contributed by atoms with Crippen molar-refractivity contribution in [3.63, 3.8) is 0 Å². The predicted octanol–water partition coefficient (Wildman–Crippen LogP) is 2.31. The molecule has 1 saturated carbocycles. The van der Waals surface area contributed by atoms with Crippen molar-refractivity contribution < 1.29 is 44.8 Å². The van der Waals surface area contributed by atoms with Crippen LogP contribution in [0.2, 0.25) is 0 Å². The van der Waals surface area contributed by atoms with Crippen molar-refractivity contribution in [1.29, 1.82) is 0 Å². The maximum atomic E-state index is 12.7. The molecular formula is C15H20F3NO7S. The third kappa shape index (κ3) is 4.47. The van der Waals surface area contributed by atoms with Gasteiger partial charge in [-0.25, -0.2) is 9.59 Å². The normalized spacial score (nSPS) is 19.7. The second kappa shape index (κ2) is 6.57. The highest BCUT2D eigenvalue weighted by Crippen LogP contribution is 2.56. The van der Waals surface area contributed by atoms with E-state index in [0.717, 1.165) is 12.0 Å². The molecular weight excluding hydrogens is 395 g/mol. The lowest BCUT2D eigenvalue weighted by Gasteiger charge is -2.36. The zero-order valence-electron chi connectivity index (χ0n) is 15.2. The Balaban J connectivity index is 2.43. The lowest BCUT2D eigenvalue weighted by Crippen LogP contribution is -2.47. The van der Waals surface area contributed by atoms with Crippen molar-refractivity contribution in [2.75, 3.05) is 20.2 Å². The number of hydrogen-bond donors (Lipinski definition) is 0. The van der Waals surface area contributed by atoms with Crippen LogP contribution in [0.3, 0.4) is 0 Å². The molecule has 2 aliphatic rings. The molecule has 1 heterocycles. The first-order valence-electron chi connectivity index (χ1n) is 7.92. The number of methoxy groups -OCH3 is 1. The Hall–Kier alpha value is -1.98. The fourth-order valence-electron chi connectivity index (χ4n) is 2.64.